The van der Waals surface area contributed by atoms with Gasteiger partial charge >= 0.3 is 0 Å². The Morgan fingerprint density at radius 2 is 1.58 bits per heavy atom. The van der Waals surface area contributed by atoms with E-state index in [1.807, 2.05) is 58.0 Å². The predicted octanol–water partition coefficient (Wildman–Crippen LogP) is 4.13. The van der Waals surface area contributed by atoms with Crippen LogP contribution in [0.5, 0.6) is 5.75 Å². The zero-order valence-corrected chi connectivity index (χ0v) is 19.8. The molecule has 0 saturated heterocycles. The molecule has 0 spiro atoms. The zero-order valence-electron chi connectivity index (χ0n) is 18.2. The lowest BCUT2D eigenvalue weighted by Crippen LogP contribution is -2.44. The number of hydrazine groups is 1. The van der Waals surface area contributed by atoms with Crippen LogP contribution in [0.25, 0.3) is 0 Å². The molecule has 0 unspecified atom stereocenters. The van der Waals surface area contributed by atoms with E-state index in [1.165, 1.54) is 0 Å². The number of amides is 3. The summed E-state index contributed by atoms with van der Waals surface area (Å²) in [6.45, 7) is 7.78. The topological polar surface area (TPSA) is 96.5 Å². The van der Waals surface area contributed by atoms with Gasteiger partial charge in [0.15, 0.2) is 6.61 Å². The van der Waals surface area contributed by atoms with E-state index in [4.69, 9.17) is 4.74 Å². The Labute approximate surface area is 191 Å². The molecule has 166 valence electrons. The van der Waals surface area contributed by atoms with Crippen LogP contribution >= 0.6 is 15.9 Å². The van der Waals surface area contributed by atoms with E-state index < -0.39 is 11.8 Å². The Kier molecular flexibility index (Phi) is 9.05. The molecule has 0 bridgehead atoms. The number of hydrogen-bond donors (Lipinski definition) is 3. The molecule has 3 amide bonds. The molecule has 0 aliphatic carbocycles. The lowest BCUT2D eigenvalue weighted by molar-refractivity contribution is -0.130. The molecule has 2 aromatic carbocycles. The molecule has 0 heterocycles. The highest BCUT2D eigenvalue weighted by Gasteiger charge is 2.12. The van der Waals surface area contributed by atoms with Gasteiger partial charge in [-0.05, 0) is 66.8 Å². The summed E-state index contributed by atoms with van der Waals surface area (Å²) in [5.74, 6) is -0.391. The number of aryl methyl sites for hydroxylation is 2. The van der Waals surface area contributed by atoms with Gasteiger partial charge in [-0.2, -0.15) is 0 Å². The number of halogens is 1. The van der Waals surface area contributed by atoms with E-state index in [1.54, 1.807) is 6.07 Å². The van der Waals surface area contributed by atoms with Gasteiger partial charge in [0.2, 0.25) is 11.8 Å². The normalized spacial score (nSPS) is 10.5. The Balaban J connectivity index is 1.71. The highest BCUT2D eigenvalue weighted by atomic mass is 79.9. The van der Waals surface area contributed by atoms with Gasteiger partial charge in [0.05, 0.1) is 0 Å². The number of ether oxygens (including phenoxy) is 1. The maximum Gasteiger partial charge on any atom is 0.276 e. The molecule has 31 heavy (non-hydrogen) atoms. The zero-order chi connectivity index (χ0) is 23.0. The fraction of sp³-hybridized carbons (Fsp3) is 0.348. The standard InChI is InChI=1S/C23H28BrN3O4/c1-14(2)19-12-17(24)6-8-20(19)31-13-23(30)27-26-22(29)10-9-21(28)25-18-7-5-15(3)16(4)11-18/h5-8,11-12,14H,9-10,13H2,1-4H3,(H,25,28)(H,26,29)(H,27,30). The Hall–Kier alpha value is -2.87. The number of nitrogens with one attached hydrogen (secondary N) is 3. The maximum absolute atomic E-state index is 12.0. The summed E-state index contributed by atoms with van der Waals surface area (Å²) in [4.78, 5) is 35.9. The minimum atomic E-state index is -0.495. The maximum atomic E-state index is 12.0. The minimum absolute atomic E-state index is 0.00176. The minimum Gasteiger partial charge on any atom is -0.483 e. The molecular weight excluding hydrogens is 462 g/mol. The Morgan fingerprint density at radius 3 is 2.26 bits per heavy atom. The molecule has 0 aliphatic rings. The second-order valence-corrected chi connectivity index (χ2v) is 8.48. The molecule has 0 saturated carbocycles. The predicted molar refractivity (Wildman–Crippen MR) is 124 cm³/mol. The first-order valence-corrected chi connectivity index (χ1v) is 10.8. The van der Waals surface area contributed by atoms with Crippen molar-refractivity contribution in [1.29, 1.82) is 0 Å². The van der Waals surface area contributed by atoms with E-state index in [-0.39, 0.29) is 31.3 Å². The van der Waals surface area contributed by atoms with Crippen molar-refractivity contribution in [3.05, 3.63) is 57.6 Å². The van der Waals surface area contributed by atoms with Crippen molar-refractivity contribution < 1.29 is 19.1 Å². The third kappa shape index (κ3) is 8.05. The summed E-state index contributed by atoms with van der Waals surface area (Å²) in [5.41, 5.74) is 8.46. The van der Waals surface area contributed by atoms with Crippen molar-refractivity contribution in [3.8, 4) is 5.75 Å². The first kappa shape index (κ1) is 24.4. The summed E-state index contributed by atoms with van der Waals surface area (Å²) >= 11 is 3.42. The van der Waals surface area contributed by atoms with Crippen LogP contribution in [0.4, 0.5) is 5.69 Å². The van der Waals surface area contributed by atoms with E-state index in [2.05, 4.69) is 32.1 Å². The van der Waals surface area contributed by atoms with Crippen molar-refractivity contribution in [1.82, 2.24) is 10.9 Å². The van der Waals surface area contributed by atoms with Gasteiger partial charge in [0, 0.05) is 23.0 Å². The third-order valence-corrected chi connectivity index (χ3v) is 5.16. The molecule has 8 heteroatoms. The number of carbonyl (C=O) groups is 3. The second kappa shape index (κ2) is 11.5. The Morgan fingerprint density at radius 1 is 0.903 bits per heavy atom. The monoisotopic (exact) mass is 489 g/mol. The number of hydrogen-bond acceptors (Lipinski definition) is 4. The number of benzene rings is 2. The molecule has 0 aliphatic heterocycles. The van der Waals surface area contributed by atoms with Gasteiger partial charge in [-0.15, -0.1) is 0 Å². The van der Waals surface area contributed by atoms with Gasteiger partial charge in [0.1, 0.15) is 5.75 Å². The average molecular weight is 490 g/mol. The number of carbonyl (C=O) groups excluding carboxylic acids is 3. The van der Waals surface area contributed by atoms with Gasteiger partial charge < -0.3 is 10.1 Å². The first-order valence-electron chi connectivity index (χ1n) is 10.0. The summed E-state index contributed by atoms with van der Waals surface area (Å²) in [5, 5.41) is 2.76. The first-order chi connectivity index (χ1) is 14.7. The van der Waals surface area contributed by atoms with E-state index in [0.717, 1.165) is 21.2 Å². The summed E-state index contributed by atoms with van der Waals surface area (Å²) in [7, 11) is 0. The van der Waals surface area contributed by atoms with E-state index >= 15 is 0 Å². The highest BCUT2D eigenvalue weighted by Crippen LogP contribution is 2.29. The molecule has 3 N–H and O–H groups in total. The molecule has 2 rings (SSSR count). The largest absolute Gasteiger partial charge is 0.483 e. The smallest absolute Gasteiger partial charge is 0.276 e. The van der Waals surface area contributed by atoms with Crippen LogP contribution < -0.4 is 20.9 Å². The van der Waals surface area contributed by atoms with Crippen molar-refractivity contribution in [3.63, 3.8) is 0 Å². The van der Waals surface area contributed by atoms with Crippen LogP contribution in [0.3, 0.4) is 0 Å². The van der Waals surface area contributed by atoms with Crippen LogP contribution in [0.2, 0.25) is 0 Å². The third-order valence-electron chi connectivity index (χ3n) is 4.66. The number of rotatable bonds is 8. The van der Waals surface area contributed by atoms with Crippen LogP contribution in [0.1, 0.15) is 49.3 Å². The van der Waals surface area contributed by atoms with Crippen molar-refractivity contribution in [2.24, 2.45) is 0 Å². The lowest BCUT2D eigenvalue weighted by atomic mass is 10.0. The number of anilines is 1. The molecular formula is C23H28BrN3O4. The quantitative estimate of drug-likeness (QED) is 0.485. The van der Waals surface area contributed by atoms with Crippen molar-refractivity contribution in [2.45, 2.75) is 46.5 Å². The summed E-state index contributed by atoms with van der Waals surface area (Å²) in [6.07, 6.45) is -0.0518. The average Bonchev–Trinajstić information content (AvgIpc) is 2.72. The van der Waals surface area contributed by atoms with Gasteiger partial charge in [-0.25, -0.2) is 0 Å². The van der Waals surface area contributed by atoms with Crippen LogP contribution in [-0.2, 0) is 14.4 Å². The van der Waals surface area contributed by atoms with Crippen LogP contribution in [0, 0.1) is 13.8 Å². The van der Waals surface area contributed by atoms with Crippen LogP contribution in [-0.4, -0.2) is 24.3 Å². The molecule has 0 aromatic heterocycles. The molecule has 2 aromatic rings. The van der Waals surface area contributed by atoms with Crippen molar-refractivity contribution >= 4 is 39.3 Å². The van der Waals surface area contributed by atoms with Gasteiger partial charge in [0.25, 0.3) is 5.91 Å². The molecule has 0 radical (unpaired) electrons. The summed E-state index contributed by atoms with van der Waals surface area (Å²) < 4.78 is 6.51. The highest BCUT2D eigenvalue weighted by molar-refractivity contribution is 9.10. The fourth-order valence-electron chi connectivity index (χ4n) is 2.75. The summed E-state index contributed by atoms with van der Waals surface area (Å²) in [6, 6.07) is 11.2. The van der Waals surface area contributed by atoms with Crippen LogP contribution in [0.15, 0.2) is 40.9 Å². The Bertz CT molecular complexity index is 960. The molecule has 0 atom stereocenters. The molecule has 0 fully saturated rings. The van der Waals surface area contributed by atoms with Gasteiger partial charge in [-0.1, -0.05) is 35.8 Å². The second-order valence-electron chi connectivity index (χ2n) is 7.57. The van der Waals surface area contributed by atoms with Gasteiger partial charge in [-0.3, -0.25) is 25.2 Å². The molecule has 7 nitrogen and oxygen atoms in total. The van der Waals surface area contributed by atoms with Crippen molar-refractivity contribution in [2.75, 3.05) is 11.9 Å². The fourth-order valence-corrected chi connectivity index (χ4v) is 3.13. The van der Waals surface area contributed by atoms with E-state index in [9.17, 15) is 14.4 Å². The van der Waals surface area contributed by atoms with E-state index in [0.29, 0.717) is 11.4 Å². The SMILES string of the molecule is Cc1ccc(NC(=O)CCC(=O)NNC(=O)COc2ccc(Br)cc2C(C)C)cc1C. The lowest BCUT2D eigenvalue weighted by Gasteiger charge is -2.14.